The van der Waals surface area contributed by atoms with Gasteiger partial charge in [0.1, 0.15) is 24.4 Å². The van der Waals surface area contributed by atoms with Gasteiger partial charge < -0.3 is 20.2 Å². The van der Waals surface area contributed by atoms with Crippen LogP contribution in [0.1, 0.15) is 34.2 Å². The molecule has 1 aromatic heterocycles. The lowest BCUT2D eigenvalue weighted by molar-refractivity contribution is 0.0926. The Kier molecular flexibility index (Phi) is 7.13. The van der Waals surface area contributed by atoms with Crippen LogP contribution in [0.2, 0.25) is 0 Å². The minimum Gasteiger partial charge on any atom is -0.491 e. The highest BCUT2D eigenvalue weighted by Crippen LogP contribution is 2.22. The van der Waals surface area contributed by atoms with Crippen LogP contribution in [0, 0.1) is 13.8 Å². The average Bonchev–Trinajstić information content (AvgIpc) is 2.95. The minimum atomic E-state index is -0.193. The number of rotatable bonds is 6. The molecule has 3 N–H and O–H groups in total. The van der Waals surface area contributed by atoms with Crippen molar-refractivity contribution in [1.82, 2.24) is 5.32 Å². The number of hydrogen-bond acceptors (Lipinski definition) is 4. The first-order chi connectivity index (χ1) is 10.5. The number of carbonyl (C=O) groups is 1. The summed E-state index contributed by atoms with van der Waals surface area (Å²) in [7, 11) is 0. The highest BCUT2D eigenvalue weighted by molar-refractivity contribution is 5.94. The molecule has 126 valence electrons. The van der Waals surface area contributed by atoms with Crippen LogP contribution in [0.25, 0.3) is 0 Å². The number of hydrogen-bond donors (Lipinski definition) is 2. The minimum absolute atomic E-state index is 0. The number of furan rings is 1. The van der Waals surface area contributed by atoms with Crippen LogP contribution in [-0.4, -0.2) is 18.6 Å². The monoisotopic (exact) mass is 338 g/mol. The van der Waals surface area contributed by atoms with E-state index in [0.717, 1.165) is 16.9 Å². The molecule has 1 atom stereocenters. The van der Waals surface area contributed by atoms with E-state index in [-0.39, 0.29) is 30.9 Å². The summed E-state index contributed by atoms with van der Waals surface area (Å²) in [6, 6.07) is 7.53. The maximum atomic E-state index is 12.1. The van der Waals surface area contributed by atoms with Crippen molar-refractivity contribution in [2.24, 2.45) is 5.73 Å². The standard InChI is InChI=1S/C17H22N2O3.ClH/c1-11-5-4-6-12(2)16(11)22-9-13(3)19-17(20)14-7-15(8-18)21-10-14;/h4-7,10,13H,8-9,18H2,1-3H3,(H,19,20);1H. The molecular weight excluding hydrogens is 316 g/mol. The van der Waals surface area contributed by atoms with E-state index in [9.17, 15) is 4.79 Å². The Bertz CT molecular complexity index is 635. The fourth-order valence-electron chi connectivity index (χ4n) is 2.19. The lowest BCUT2D eigenvalue weighted by Gasteiger charge is -2.17. The van der Waals surface area contributed by atoms with Crippen LogP contribution >= 0.6 is 12.4 Å². The van der Waals surface area contributed by atoms with Gasteiger partial charge in [0.25, 0.3) is 5.91 Å². The van der Waals surface area contributed by atoms with Crippen molar-refractivity contribution in [3.05, 3.63) is 53.0 Å². The molecule has 0 aliphatic heterocycles. The summed E-state index contributed by atoms with van der Waals surface area (Å²) in [4.78, 5) is 12.1. The Labute approximate surface area is 142 Å². The molecule has 0 aliphatic carbocycles. The van der Waals surface area contributed by atoms with Crippen molar-refractivity contribution >= 4 is 18.3 Å². The zero-order valence-corrected chi connectivity index (χ0v) is 14.4. The predicted octanol–water partition coefficient (Wildman–Crippen LogP) is 2.97. The van der Waals surface area contributed by atoms with Crippen molar-refractivity contribution in [1.29, 1.82) is 0 Å². The van der Waals surface area contributed by atoms with Crippen LogP contribution < -0.4 is 15.8 Å². The Hall–Kier alpha value is -1.98. The van der Waals surface area contributed by atoms with E-state index in [1.807, 2.05) is 39.0 Å². The molecule has 1 amide bonds. The van der Waals surface area contributed by atoms with Gasteiger partial charge in [0.05, 0.1) is 18.2 Å². The van der Waals surface area contributed by atoms with Gasteiger partial charge in [0.2, 0.25) is 0 Å². The number of halogens is 1. The number of ether oxygens (including phenoxy) is 1. The van der Waals surface area contributed by atoms with Gasteiger partial charge in [0, 0.05) is 0 Å². The van der Waals surface area contributed by atoms with E-state index < -0.39 is 0 Å². The molecule has 0 saturated carbocycles. The maximum absolute atomic E-state index is 12.1. The smallest absolute Gasteiger partial charge is 0.254 e. The van der Waals surface area contributed by atoms with Crippen LogP contribution in [-0.2, 0) is 6.54 Å². The molecule has 1 aromatic carbocycles. The molecule has 2 rings (SSSR count). The number of nitrogens with two attached hydrogens (primary N) is 1. The molecule has 0 saturated heterocycles. The molecule has 1 unspecified atom stereocenters. The predicted molar refractivity (Wildman–Crippen MR) is 92.2 cm³/mol. The SMILES string of the molecule is Cc1cccc(C)c1OCC(C)NC(=O)c1coc(CN)c1.Cl. The second-order valence-electron chi connectivity index (χ2n) is 5.41. The Morgan fingerprint density at radius 2 is 2.00 bits per heavy atom. The molecule has 0 aliphatic rings. The number of para-hydroxylation sites is 1. The van der Waals surface area contributed by atoms with Gasteiger partial charge in [0.15, 0.2) is 0 Å². The van der Waals surface area contributed by atoms with Gasteiger partial charge >= 0.3 is 0 Å². The van der Waals surface area contributed by atoms with E-state index in [1.54, 1.807) is 6.07 Å². The van der Waals surface area contributed by atoms with Crippen molar-refractivity contribution < 1.29 is 13.9 Å². The molecular formula is C17H23ClN2O3. The summed E-state index contributed by atoms with van der Waals surface area (Å²) >= 11 is 0. The molecule has 0 radical (unpaired) electrons. The van der Waals surface area contributed by atoms with Gasteiger partial charge in [-0.1, -0.05) is 18.2 Å². The van der Waals surface area contributed by atoms with Crippen LogP contribution in [0.15, 0.2) is 34.9 Å². The van der Waals surface area contributed by atoms with E-state index in [0.29, 0.717) is 17.9 Å². The topological polar surface area (TPSA) is 77.5 Å². The van der Waals surface area contributed by atoms with E-state index >= 15 is 0 Å². The maximum Gasteiger partial charge on any atom is 0.254 e. The highest BCUT2D eigenvalue weighted by Gasteiger charge is 2.13. The van der Waals surface area contributed by atoms with Gasteiger partial charge in [-0.3, -0.25) is 4.79 Å². The quantitative estimate of drug-likeness (QED) is 0.848. The number of benzene rings is 1. The molecule has 23 heavy (non-hydrogen) atoms. The van der Waals surface area contributed by atoms with Crippen molar-refractivity contribution in [2.45, 2.75) is 33.4 Å². The van der Waals surface area contributed by atoms with Crippen molar-refractivity contribution in [3.63, 3.8) is 0 Å². The molecule has 6 heteroatoms. The fraction of sp³-hybridized carbons (Fsp3) is 0.353. The zero-order chi connectivity index (χ0) is 16.1. The zero-order valence-electron chi connectivity index (χ0n) is 13.6. The first-order valence-corrected chi connectivity index (χ1v) is 7.28. The normalized spacial score (nSPS) is 11.5. The number of aryl methyl sites for hydroxylation is 2. The summed E-state index contributed by atoms with van der Waals surface area (Å²) in [5, 5.41) is 2.88. The first kappa shape index (κ1) is 19.1. The average molecular weight is 339 g/mol. The number of nitrogens with one attached hydrogen (secondary N) is 1. The number of carbonyl (C=O) groups excluding carboxylic acids is 1. The summed E-state index contributed by atoms with van der Waals surface area (Å²) < 4.78 is 11.0. The van der Waals surface area contributed by atoms with E-state index in [4.69, 9.17) is 14.9 Å². The second kappa shape index (κ2) is 8.60. The summed E-state index contributed by atoms with van der Waals surface area (Å²) in [6.07, 6.45) is 1.41. The first-order valence-electron chi connectivity index (χ1n) is 7.28. The Morgan fingerprint density at radius 3 is 2.57 bits per heavy atom. The second-order valence-corrected chi connectivity index (χ2v) is 5.41. The van der Waals surface area contributed by atoms with Gasteiger partial charge in [-0.15, -0.1) is 12.4 Å². The van der Waals surface area contributed by atoms with Crippen molar-refractivity contribution in [2.75, 3.05) is 6.61 Å². The van der Waals surface area contributed by atoms with Crippen LogP contribution in [0.4, 0.5) is 0 Å². The van der Waals surface area contributed by atoms with Crippen LogP contribution in [0.3, 0.4) is 0 Å². The van der Waals surface area contributed by atoms with E-state index in [2.05, 4.69) is 5.32 Å². The molecule has 0 fully saturated rings. The lowest BCUT2D eigenvalue weighted by atomic mass is 10.1. The molecule has 0 spiro atoms. The van der Waals surface area contributed by atoms with Gasteiger partial charge in [-0.2, -0.15) is 0 Å². The van der Waals surface area contributed by atoms with Gasteiger partial charge in [-0.05, 0) is 38.0 Å². The summed E-state index contributed by atoms with van der Waals surface area (Å²) in [6.45, 7) is 6.59. The van der Waals surface area contributed by atoms with E-state index in [1.165, 1.54) is 6.26 Å². The Balaban J connectivity index is 0.00000264. The molecule has 0 bridgehead atoms. The Morgan fingerprint density at radius 1 is 1.35 bits per heavy atom. The fourth-order valence-corrected chi connectivity index (χ4v) is 2.19. The number of amides is 1. The van der Waals surface area contributed by atoms with Crippen LogP contribution in [0.5, 0.6) is 5.75 Å². The molecule has 1 heterocycles. The third-order valence-electron chi connectivity index (χ3n) is 3.38. The van der Waals surface area contributed by atoms with Crippen molar-refractivity contribution in [3.8, 4) is 5.75 Å². The lowest BCUT2D eigenvalue weighted by Crippen LogP contribution is -2.36. The summed E-state index contributed by atoms with van der Waals surface area (Å²) in [5.41, 5.74) is 8.10. The van der Waals surface area contributed by atoms with Gasteiger partial charge in [-0.25, -0.2) is 0 Å². The summed E-state index contributed by atoms with van der Waals surface area (Å²) in [5.74, 6) is 1.27. The third-order valence-corrected chi connectivity index (χ3v) is 3.38. The highest BCUT2D eigenvalue weighted by atomic mass is 35.5. The largest absolute Gasteiger partial charge is 0.491 e. The molecule has 5 nitrogen and oxygen atoms in total. The molecule has 2 aromatic rings. The third kappa shape index (κ3) is 5.01.